The van der Waals surface area contributed by atoms with E-state index >= 15 is 0 Å². The molecule has 3 rings (SSSR count). The Balaban J connectivity index is 2.05. The lowest BCUT2D eigenvalue weighted by molar-refractivity contribution is 0.415. The first-order chi connectivity index (χ1) is 11.2. The van der Waals surface area contributed by atoms with Crippen molar-refractivity contribution < 1.29 is 4.74 Å². The van der Waals surface area contributed by atoms with Gasteiger partial charge in [0.05, 0.1) is 12.6 Å². The number of rotatable bonds is 5. The summed E-state index contributed by atoms with van der Waals surface area (Å²) in [7, 11) is 1.69. The second-order valence-electron chi connectivity index (χ2n) is 5.67. The Labute approximate surface area is 137 Å². The first kappa shape index (κ1) is 15.3. The maximum atomic E-state index is 5.33. The highest BCUT2D eigenvalue weighted by Crippen LogP contribution is 2.30. The van der Waals surface area contributed by atoms with Gasteiger partial charge in [-0.25, -0.2) is 0 Å². The fraction of sp³-hybridized carbons (Fsp3) is 0.250. The maximum absolute atomic E-state index is 5.33. The van der Waals surface area contributed by atoms with Crippen molar-refractivity contribution in [3.63, 3.8) is 0 Å². The molecular formula is C20H22N2O. The zero-order valence-electron chi connectivity index (χ0n) is 13.9. The Kier molecular flexibility index (Phi) is 4.47. The molecule has 0 atom stereocenters. The minimum Gasteiger partial charge on any atom is -0.497 e. The van der Waals surface area contributed by atoms with Gasteiger partial charge in [-0.3, -0.25) is 4.98 Å². The summed E-state index contributed by atoms with van der Waals surface area (Å²) in [5.74, 6) is 0.840. The van der Waals surface area contributed by atoms with Gasteiger partial charge in [-0.2, -0.15) is 0 Å². The molecule has 3 nitrogen and oxygen atoms in total. The van der Waals surface area contributed by atoms with E-state index in [1.165, 1.54) is 11.3 Å². The van der Waals surface area contributed by atoms with Crippen LogP contribution >= 0.6 is 0 Å². The topological polar surface area (TPSA) is 25.4 Å². The number of hydrogen-bond acceptors (Lipinski definition) is 3. The number of ether oxygens (including phenoxy) is 1. The highest BCUT2D eigenvalue weighted by molar-refractivity contribution is 5.92. The van der Waals surface area contributed by atoms with Gasteiger partial charge >= 0.3 is 0 Å². The minimum atomic E-state index is 0.840. The monoisotopic (exact) mass is 306 g/mol. The van der Waals surface area contributed by atoms with Gasteiger partial charge < -0.3 is 9.64 Å². The number of aromatic nitrogens is 1. The molecule has 0 aliphatic heterocycles. The largest absolute Gasteiger partial charge is 0.497 e. The highest BCUT2D eigenvalue weighted by atomic mass is 16.5. The fourth-order valence-corrected chi connectivity index (χ4v) is 2.88. The van der Waals surface area contributed by atoms with Gasteiger partial charge in [0.15, 0.2) is 0 Å². The van der Waals surface area contributed by atoms with E-state index in [4.69, 9.17) is 4.74 Å². The molecule has 3 aromatic rings. The van der Waals surface area contributed by atoms with Crippen LogP contribution in [0.1, 0.15) is 18.2 Å². The third-order valence-corrected chi connectivity index (χ3v) is 4.06. The molecule has 1 heterocycles. The molecular weight excluding hydrogens is 284 g/mol. The van der Waals surface area contributed by atoms with Crippen LogP contribution in [-0.2, 0) is 6.54 Å². The van der Waals surface area contributed by atoms with Crippen molar-refractivity contribution in [1.29, 1.82) is 0 Å². The van der Waals surface area contributed by atoms with E-state index in [-0.39, 0.29) is 0 Å². The smallest absolute Gasteiger partial charge is 0.121 e. The third kappa shape index (κ3) is 3.29. The van der Waals surface area contributed by atoms with Crippen LogP contribution in [0.4, 0.5) is 5.69 Å². The molecule has 0 aliphatic carbocycles. The van der Waals surface area contributed by atoms with Crippen LogP contribution in [0.3, 0.4) is 0 Å². The zero-order valence-corrected chi connectivity index (χ0v) is 13.9. The standard InChI is InChI=1S/C20H22N2O/c1-4-22(14-16-8-6-5-7-9-16)20-12-15(2)21-19-13-17(23-3)10-11-18(19)20/h5-13H,4,14H2,1-3H3. The quantitative estimate of drug-likeness (QED) is 0.690. The Hall–Kier alpha value is -2.55. The van der Waals surface area contributed by atoms with Crippen LogP contribution in [0.2, 0.25) is 0 Å². The second kappa shape index (κ2) is 6.69. The molecule has 118 valence electrons. The van der Waals surface area contributed by atoms with Crippen molar-refractivity contribution in [3.8, 4) is 5.75 Å². The van der Waals surface area contributed by atoms with E-state index in [2.05, 4.69) is 59.3 Å². The van der Waals surface area contributed by atoms with Crippen LogP contribution in [-0.4, -0.2) is 18.6 Å². The summed E-state index contributed by atoms with van der Waals surface area (Å²) in [6.45, 7) is 6.06. The average Bonchev–Trinajstić information content (AvgIpc) is 2.59. The van der Waals surface area contributed by atoms with Gasteiger partial charge in [0.1, 0.15) is 5.75 Å². The normalized spacial score (nSPS) is 10.7. The fourth-order valence-electron chi connectivity index (χ4n) is 2.88. The Morgan fingerprint density at radius 2 is 1.83 bits per heavy atom. The Morgan fingerprint density at radius 1 is 1.04 bits per heavy atom. The average molecular weight is 306 g/mol. The molecule has 0 fully saturated rings. The van der Waals surface area contributed by atoms with Crippen molar-refractivity contribution >= 4 is 16.6 Å². The Bertz CT molecular complexity index is 799. The number of methoxy groups -OCH3 is 1. The molecule has 0 N–H and O–H groups in total. The highest BCUT2D eigenvalue weighted by Gasteiger charge is 2.12. The van der Waals surface area contributed by atoms with Crippen LogP contribution in [0.25, 0.3) is 10.9 Å². The van der Waals surface area contributed by atoms with Crippen molar-refractivity contribution in [2.75, 3.05) is 18.6 Å². The summed E-state index contributed by atoms with van der Waals surface area (Å²) in [5, 5.41) is 1.16. The molecule has 23 heavy (non-hydrogen) atoms. The number of aryl methyl sites for hydroxylation is 1. The lowest BCUT2D eigenvalue weighted by atomic mass is 10.1. The molecule has 0 saturated heterocycles. The minimum absolute atomic E-state index is 0.840. The molecule has 2 aromatic carbocycles. The van der Waals surface area contributed by atoms with E-state index < -0.39 is 0 Å². The van der Waals surface area contributed by atoms with Gasteiger partial charge in [-0.1, -0.05) is 30.3 Å². The molecule has 0 spiro atoms. The molecule has 1 aromatic heterocycles. The van der Waals surface area contributed by atoms with E-state index in [0.717, 1.165) is 35.4 Å². The SMILES string of the molecule is CCN(Cc1ccccc1)c1cc(C)nc2cc(OC)ccc12. The number of pyridine rings is 1. The van der Waals surface area contributed by atoms with Crippen molar-refractivity contribution in [3.05, 3.63) is 65.9 Å². The molecule has 0 saturated carbocycles. The number of fused-ring (bicyclic) bond motifs is 1. The van der Waals surface area contributed by atoms with E-state index in [9.17, 15) is 0 Å². The van der Waals surface area contributed by atoms with E-state index in [1.807, 2.05) is 19.1 Å². The summed E-state index contributed by atoms with van der Waals surface area (Å²) in [4.78, 5) is 7.05. The number of anilines is 1. The lowest BCUT2D eigenvalue weighted by Crippen LogP contribution is -2.22. The van der Waals surface area contributed by atoms with Gasteiger partial charge in [0.2, 0.25) is 0 Å². The predicted molar refractivity (Wildman–Crippen MR) is 96.2 cm³/mol. The van der Waals surface area contributed by atoms with Crippen molar-refractivity contribution in [2.24, 2.45) is 0 Å². The molecule has 0 radical (unpaired) electrons. The third-order valence-electron chi connectivity index (χ3n) is 4.06. The maximum Gasteiger partial charge on any atom is 0.121 e. The molecule has 0 bridgehead atoms. The first-order valence-corrected chi connectivity index (χ1v) is 7.95. The number of benzene rings is 2. The zero-order chi connectivity index (χ0) is 16.2. The number of hydrogen-bond donors (Lipinski definition) is 0. The molecule has 0 amide bonds. The molecule has 3 heteroatoms. The first-order valence-electron chi connectivity index (χ1n) is 7.95. The summed E-state index contributed by atoms with van der Waals surface area (Å²) >= 11 is 0. The van der Waals surface area contributed by atoms with Crippen LogP contribution < -0.4 is 9.64 Å². The Morgan fingerprint density at radius 3 is 2.52 bits per heavy atom. The van der Waals surface area contributed by atoms with E-state index in [0.29, 0.717) is 0 Å². The van der Waals surface area contributed by atoms with Crippen LogP contribution in [0, 0.1) is 6.92 Å². The summed E-state index contributed by atoms with van der Waals surface area (Å²) < 4.78 is 5.33. The predicted octanol–water partition coefficient (Wildman–Crippen LogP) is 4.58. The van der Waals surface area contributed by atoms with Gasteiger partial charge in [0.25, 0.3) is 0 Å². The molecule has 0 aliphatic rings. The van der Waals surface area contributed by atoms with Crippen LogP contribution in [0.5, 0.6) is 5.75 Å². The van der Waals surface area contributed by atoms with Crippen molar-refractivity contribution in [2.45, 2.75) is 20.4 Å². The van der Waals surface area contributed by atoms with E-state index in [1.54, 1.807) is 7.11 Å². The van der Waals surface area contributed by atoms with Gasteiger partial charge in [0, 0.05) is 35.9 Å². The summed E-state index contributed by atoms with van der Waals surface area (Å²) in [5.41, 5.74) is 4.53. The summed E-state index contributed by atoms with van der Waals surface area (Å²) in [6.07, 6.45) is 0. The van der Waals surface area contributed by atoms with Crippen molar-refractivity contribution in [1.82, 2.24) is 4.98 Å². The van der Waals surface area contributed by atoms with Crippen LogP contribution in [0.15, 0.2) is 54.6 Å². The second-order valence-corrected chi connectivity index (χ2v) is 5.67. The lowest BCUT2D eigenvalue weighted by Gasteiger charge is -2.25. The number of nitrogens with zero attached hydrogens (tertiary/aromatic N) is 2. The van der Waals surface area contributed by atoms with Gasteiger partial charge in [-0.05, 0) is 37.6 Å². The van der Waals surface area contributed by atoms with Gasteiger partial charge in [-0.15, -0.1) is 0 Å². The molecule has 0 unspecified atom stereocenters. The summed E-state index contributed by atoms with van der Waals surface area (Å²) in [6, 6.07) is 18.8.